The monoisotopic (exact) mass is 298 g/mol. The number of fused-ring (bicyclic) bond motifs is 1. The highest BCUT2D eigenvalue weighted by Crippen LogP contribution is 2.12. The molecule has 2 heterocycles. The van der Waals surface area contributed by atoms with Gasteiger partial charge < -0.3 is 10.4 Å². The number of amides is 1. The summed E-state index contributed by atoms with van der Waals surface area (Å²) in [5.41, 5.74) is 0.870. The molecule has 1 atom stereocenters. The van der Waals surface area contributed by atoms with Crippen molar-refractivity contribution in [3.05, 3.63) is 28.6 Å². The maximum absolute atomic E-state index is 11.8. The first-order valence-corrected chi connectivity index (χ1v) is 5.82. The Kier molecular flexibility index (Phi) is 3.39. The van der Waals surface area contributed by atoms with E-state index in [1.54, 1.807) is 19.3 Å². The Morgan fingerprint density at radius 1 is 1.65 bits per heavy atom. The summed E-state index contributed by atoms with van der Waals surface area (Å²) in [5, 5.41) is 15.7. The second kappa shape index (κ2) is 4.80. The zero-order valence-corrected chi connectivity index (χ0v) is 10.7. The largest absolute Gasteiger partial charge is 0.392 e. The number of aromatic nitrogens is 3. The molecule has 17 heavy (non-hydrogen) atoms. The zero-order chi connectivity index (χ0) is 12.4. The average Bonchev–Trinajstić information content (AvgIpc) is 2.68. The number of carbonyl (C=O) groups is 1. The molecule has 2 rings (SSSR count). The second-order valence-corrected chi connectivity index (χ2v) is 4.57. The maximum atomic E-state index is 11.8. The Hall–Kier alpha value is -1.47. The summed E-state index contributed by atoms with van der Waals surface area (Å²) in [5.74, 6) is -0.296. The first-order chi connectivity index (χ1) is 8.08. The molecule has 0 aromatic carbocycles. The lowest BCUT2D eigenvalue weighted by Gasteiger charge is -2.05. The highest BCUT2D eigenvalue weighted by atomic mass is 79.9. The van der Waals surface area contributed by atoms with Crippen LogP contribution >= 0.6 is 15.9 Å². The summed E-state index contributed by atoms with van der Waals surface area (Å²) in [4.78, 5) is 15.9. The third-order valence-corrected chi connectivity index (χ3v) is 2.54. The fourth-order valence-electron chi connectivity index (χ4n) is 1.35. The van der Waals surface area contributed by atoms with E-state index < -0.39 is 6.10 Å². The Labute approximate surface area is 106 Å². The standard InChI is InChI=1S/C10H11BrN4O2/c1-6(16)2-13-10(17)8-4-14-15-5-7(11)3-12-9(8)15/h3-6,16H,2H2,1H3,(H,13,17). The molecule has 2 aromatic rings. The lowest BCUT2D eigenvalue weighted by Crippen LogP contribution is -2.30. The fourth-order valence-corrected chi connectivity index (χ4v) is 1.64. The van der Waals surface area contributed by atoms with E-state index in [0.717, 1.165) is 4.47 Å². The van der Waals surface area contributed by atoms with Crippen LogP contribution in [0.3, 0.4) is 0 Å². The van der Waals surface area contributed by atoms with E-state index in [1.807, 2.05) is 0 Å². The highest BCUT2D eigenvalue weighted by Gasteiger charge is 2.13. The molecule has 0 aliphatic heterocycles. The van der Waals surface area contributed by atoms with Crippen LogP contribution in [-0.2, 0) is 0 Å². The van der Waals surface area contributed by atoms with Gasteiger partial charge in [-0.05, 0) is 22.9 Å². The third kappa shape index (κ3) is 2.62. The van der Waals surface area contributed by atoms with Crippen LogP contribution in [0.4, 0.5) is 0 Å². The quantitative estimate of drug-likeness (QED) is 0.870. The number of aliphatic hydroxyl groups excluding tert-OH is 1. The van der Waals surface area contributed by atoms with Crippen molar-refractivity contribution in [1.29, 1.82) is 0 Å². The van der Waals surface area contributed by atoms with Crippen molar-refractivity contribution in [3.63, 3.8) is 0 Å². The molecule has 2 N–H and O–H groups in total. The van der Waals surface area contributed by atoms with E-state index in [0.29, 0.717) is 11.2 Å². The number of aliphatic hydroxyl groups is 1. The van der Waals surface area contributed by atoms with Crippen molar-refractivity contribution in [2.75, 3.05) is 6.54 Å². The number of hydrogen-bond donors (Lipinski definition) is 2. The lowest BCUT2D eigenvalue weighted by atomic mass is 10.3. The highest BCUT2D eigenvalue weighted by molar-refractivity contribution is 9.10. The van der Waals surface area contributed by atoms with E-state index in [9.17, 15) is 4.79 Å². The number of hydrogen-bond acceptors (Lipinski definition) is 4. The van der Waals surface area contributed by atoms with Crippen LogP contribution in [0.25, 0.3) is 5.65 Å². The van der Waals surface area contributed by atoms with Gasteiger partial charge in [-0.1, -0.05) is 0 Å². The van der Waals surface area contributed by atoms with E-state index in [4.69, 9.17) is 5.11 Å². The van der Waals surface area contributed by atoms with Crippen LogP contribution in [0.2, 0.25) is 0 Å². The SMILES string of the molecule is CC(O)CNC(=O)c1cnn2cc(Br)cnc12. The number of nitrogens with zero attached hydrogens (tertiary/aromatic N) is 3. The van der Waals surface area contributed by atoms with Gasteiger partial charge in [0, 0.05) is 18.9 Å². The van der Waals surface area contributed by atoms with Crippen LogP contribution in [-0.4, -0.2) is 38.3 Å². The molecule has 7 heteroatoms. The van der Waals surface area contributed by atoms with Crippen molar-refractivity contribution in [2.45, 2.75) is 13.0 Å². The van der Waals surface area contributed by atoms with Gasteiger partial charge >= 0.3 is 0 Å². The minimum Gasteiger partial charge on any atom is -0.392 e. The average molecular weight is 299 g/mol. The molecule has 1 amide bonds. The molecule has 0 saturated heterocycles. The molecule has 90 valence electrons. The number of nitrogens with one attached hydrogen (secondary N) is 1. The number of carbonyl (C=O) groups excluding carboxylic acids is 1. The van der Waals surface area contributed by atoms with Crippen molar-refractivity contribution in [3.8, 4) is 0 Å². The smallest absolute Gasteiger partial charge is 0.256 e. The van der Waals surface area contributed by atoms with Crippen molar-refractivity contribution in [1.82, 2.24) is 19.9 Å². The molecule has 0 spiro atoms. The number of halogens is 1. The molecule has 0 fully saturated rings. The summed E-state index contributed by atoms with van der Waals surface area (Å²) in [7, 11) is 0. The van der Waals surface area contributed by atoms with Gasteiger partial charge in [-0.3, -0.25) is 4.79 Å². The zero-order valence-electron chi connectivity index (χ0n) is 9.09. The van der Waals surface area contributed by atoms with Crippen LogP contribution in [0.1, 0.15) is 17.3 Å². The van der Waals surface area contributed by atoms with Crippen LogP contribution in [0, 0.1) is 0 Å². The molecule has 0 aliphatic carbocycles. The summed E-state index contributed by atoms with van der Waals surface area (Å²) >= 11 is 3.27. The van der Waals surface area contributed by atoms with Gasteiger partial charge in [-0.2, -0.15) is 5.10 Å². The summed E-state index contributed by atoms with van der Waals surface area (Å²) < 4.78 is 2.30. The Bertz CT molecular complexity index is 552. The predicted octanol–water partition coefficient (Wildman–Crippen LogP) is 0.602. The molecule has 0 saturated carbocycles. The van der Waals surface area contributed by atoms with Crippen LogP contribution < -0.4 is 5.32 Å². The first kappa shape index (κ1) is 12.0. The molecule has 0 bridgehead atoms. The molecular formula is C10H11BrN4O2. The van der Waals surface area contributed by atoms with Crippen LogP contribution in [0.5, 0.6) is 0 Å². The van der Waals surface area contributed by atoms with Gasteiger partial charge in [-0.15, -0.1) is 0 Å². The summed E-state index contributed by atoms with van der Waals surface area (Å²) in [6.45, 7) is 1.80. The molecular weight excluding hydrogens is 288 g/mol. The van der Waals surface area contributed by atoms with E-state index in [-0.39, 0.29) is 12.5 Å². The Morgan fingerprint density at radius 3 is 3.12 bits per heavy atom. The Balaban J connectivity index is 2.27. The van der Waals surface area contributed by atoms with Gasteiger partial charge in [0.1, 0.15) is 5.56 Å². The summed E-state index contributed by atoms with van der Waals surface area (Å²) in [6, 6.07) is 0. The maximum Gasteiger partial charge on any atom is 0.256 e. The van der Waals surface area contributed by atoms with Crippen molar-refractivity contribution < 1.29 is 9.90 Å². The van der Waals surface area contributed by atoms with E-state index >= 15 is 0 Å². The normalized spacial score (nSPS) is 12.6. The van der Waals surface area contributed by atoms with E-state index in [2.05, 4.69) is 31.3 Å². The van der Waals surface area contributed by atoms with Gasteiger partial charge in [-0.25, -0.2) is 9.50 Å². The molecule has 6 nitrogen and oxygen atoms in total. The lowest BCUT2D eigenvalue weighted by molar-refractivity contribution is 0.0925. The van der Waals surface area contributed by atoms with Gasteiger partial charge in [0.25, 0.3) is 5.91 Å². The fraction of sp³-hybridized carbons (Fsp3) is 0.300. The van der Waals surface area contributed by atoms with Gasteiger partial charge in [0.15, 0.2) is 5.65 Å². The van der Waals surface area contributed by atoms with E-state index in [1.165, 1.54) is 10.7 Å². The van der Waals surface area contributed by atoms with Crippen molar-refractivity contribution in [2.24, 2.45) is 0 Å². The molecule has 0 aliphatic rings. The first-order valence-electron chi connectivity index (χ1n) is 5.03. The predicted molar refractivity (Wildman–Crippen MR) is 64.7 cm³/mol. The Morgan fingerprint density at radius 2 is 2.41 bits per heavy atom. The molecule has 1 unspecified atom stereocenters. The second-order valence-electron chi connectivity index (χ2n) is 3.66. The minimum atomic E-state index is -0.581. The van der Waals surface area contributed by atoms with Crippen molar-refractivity contribution >= 4 is 27.5 Å². The van der Waals surface area contributed by atoms with Gasteiger partial charge in [0.05, 0.1) is 16.8 Å². The summed E-state index contributed by atoms with van der Waals surface area (Å²) in [6.07, 6.45) is 4.19. The number of rotatable bonds is 3. The minimum absolute atomic E-state index is 0.201. The third-order valence-electron chi connectivity index (χ3n) is 2.13. The van der Waals surface area contributed by atoms with Gasteiger partial charge in [0.2, 0.25) is 0 Å². The topological polar surface area (TPSA) is 79.5 Å². The molecule has 2 aromatic heterocycles. The van der Waals surface area contributed by atoms with Crippen LogP contribution in [0.15, 0.2) is 23.1 Å². The molecule has 0 radical (unpaired) electrons.